The van der Waals surface area contributed by atoms with Gasteiger partial charge < -0.3 is 30.1 Å². The van der Waals surface area contributed by atoms with Gasteiger partial charge in [-0.05, 0) is 88.5 Å². The molecule has 9 heteroatoms. The molecule has 3 aliphatic heterocycles. The van der Waals surface area contributed by atoms with Crippen molar-refractivity contribution in [2.24, 2.45) is 0 Å². The molecule has 1 aromatic heterocycles. The van der Waals surface area contributed by atoms with E-state index in [1.165, 1.54) is 5.69 Å². The number of aromatic nitrogens is 1. The topological polar surface area (TPSA) is 90.0 Å². The molecule has 0 spiro atoms. The Morgan fingerprint density at radius 3 is 2.27 bits per heavy atom. The number of rotatable bonds is 8. The lowest BCUT2D eigenvalue weighted by Crippen LogP contribution is -2.50. The van der Waals surface area contributed by atoms with Crippen LogP contribution < -0.4 is 25.2 Å². The zero-order valence-electron chi connectivity index (χ0n) is 26.3. The molecule has 0 aliphatic carbocycles. The Morgan fingerprint density at radius 1 is 0.932 bits per heavy atom. The molecule has 3 aliphatic rings. The molecule has 3 saturated heterocycles. The minimum Gasteiger partial charge on any atom is -0.496 e. The summed E-state index contributed by atoms with van der Waals surface area (Å²) in [7, 11) is 3.79. The smallest absolute Gasteiger partial charge is 0.253 e. The Hall–Kier alpha value is -4.11. The summed E-state index contributed by atoms with van der Waals surface area (Å²) in [6, 6.07) is 18.6. The van der Waals surface area contributed by atoms with E-state index in [2.05, 4.69) is 56.6 Å². The highest BCUT2D eigenvalue weighted by Gasteiger charge is 2.42. The van der Waals surface area contributed by atoms with Gasteiger partial charge in [0.25, 0.3) is 11.8 Å². The first-order valence-corrected chi connectivity index (χ1v) is 15.8. The van der Waals surface area contributed by atoms with E-state index in [0.717, 1.165) is 74.6 Å². The van der Waals surface area contributed by atoms with Gasteiger partial charge in [-0.2, -0.15) is 0 Å². The first-order valence-electron chi connectivity index (χ1n) is 15.8. The number of amides is 2. The van der Waals surface area contributed by atoms with E-state index in [1.54, 1.807) is 13.3 Å². The maximum absolute atomic E-state index is 13.1. The van der Waals surface area contributed by atoms with Crippen molar-refractivity contribution >= 4 is 23.3 Å². The number of carbonyl (C=O) groups excluding carboxylic acids is 2. The summed E-state index contributed by atoms with van der Waals surface area (Å²) in [6.07, 6.45) is 5.59. The number of anilines is 2. The van der Waals surface area contributed by atoms with Crippen LogP contribution in [0.1, 0.15) is 70.5 Å². The van der Waals surface area contributed by atoms with E-state index in [9.17, 15) is 9.59 Å². The standard InChI is InChI=1S/C35H44N6O3/c1-23-31(6-5-7-32(23)44-4)35(43)38-27-20-29-13-14-30(21-27)41(29)33-15-10-26(22-36-33)34(42)37-24(2)25-8-11-28(12-9-25)40-18-16-39(3)17-19-40/h5-12,15,22,24,27,29-30H,13-14,16-21H2,1-4H3,(H,37,42)(H,38,43)/t24-,27?,29-,30+/m0/s1. The number of hydrogen-bond acceptors (Lipinski definition) is 7. The van der Waals surface area contributed by atoms with Gasteiger partial charge in [0.05, 0.1) is 18.7 Å². The molecule has 44 heavy (non-hydrogen) atoms. The van der Waals surface area contributed by atoms with Gasteiger partial charge in [-0.25, -0.2) is 4.98 Å². The summed E-state index contributed by atoms with van der Waals surface area (Å²) in [5.41, 5.74) is 4.38. The number of piperidine rings is 1. The van der Waals surface area contributed by atoms with Gasteiger partial charge in [0.15, 0.2) is 0 Å². The van der Waals surface area contributed by atoms with Crippen LogP contribution in [0.15, 0.2) is 60.8 Å². The molecular weight excluding hydrogens is 552 g/mol. The number of carbonyl (C=O) groups is 2. The van der Waals surface area contributed by atoms with Gasteiger partial charge in [0, 0.05) is 67.3 Å². The number of nitrogens with one attached hydrogen (secondary N) is 2. The van der Waals surface area contributed by atoms with Crippen LogP contribution in [-0.4, -0.2) is 80.2 Å². The second-order valence-corrected chi connectivity index (χ2v) is 12.5. The van der Waals surface area contributed by atoms with Gasteiger partial charge in [-0.15, -0.1) is 0 Å². The van der Waals surface area contributed by atoms with Crippen molar-refractivity contribution in [3.63, 3.8) is 0 Å². The summed E-state index contributed by atoms with van der Waals surface area (Å²) in [4.78, 5) is 38.1. The maximum atomic E-state index is 13.1. The zero-order valence-corrected chi connectivity index (χ0v) is 26.3. The lowest BCUT2D eigenvalue weighted by atomic mass is 9.96. The van der Waals surface area contributed by atoms with Crippen LogP contribution in [0.5, 0.6) is 5.75 Å². The van der Waals surface area contributed by atoms with E-state index in [-0.39, 0.29) is 23.9 Å². The molecule has 2 aromatic carbocycles. The summed E-state index contributed by atoms with van der Waals surface area (Å²) in [5, 5.41) is 6.41. The van der Waals surface area contributed by atoms with Gasteiger partial charge in [-0.3, -0.25) is 9.59 Å². The van der Waals surface area contributed by atoms with E-state index < -0.39 is 0 Å². The van der Waals surface area contributed by atoms with Crippen LogP contribution in [0.3, 0.4) is 0 Å². The Kier molecular flexibility index (Phi) is 8.75. The summed E-state index contributed by atoms with van der Waals surface area (Å²) in [6.45, 7) is 8.15. The molecule has 0 radical (unpaired) electrons. The third kappa shape index (κ3) is 6.24. The average molecular weight is 597 g/mol. The van der Waals surface area contributed by atoms with Crippen LogP contribution in [-0.2, 0) is 0 Å². The van der Waals surface area contributed by atoms with Crippen LogP contribution >= 0.6 is 0 Å². The predicted octanol–water partition coefficient (Wildman–Crippen LogP) is 4.57. The lowest BCUT2D eigenvalue weighted by molar-refractivity contribution is 0.0922. The molecular formula is C35H44N6O3. The van der Waals surface area contributed by atoms with Crippen LogP contribution in [0, 0.1) is 6.92 Å². The first-order chi connectivity index (χ1) is 21.3. The van der Waals surface area contributed by atoms with Gasteiger partial charge >= 0.3 is 0 Å². The average Bonchev–Trinajstić information content (AvgIpc) is 3.31. The van der Waals surface area contributed by atoms with Crippen molar-refractivity contribution in [2.45, 2.75) is 63.7 Å². The minimum absolute atomic E-state index is 0.0482. The Morgan fingerprint density at radius 2 is 1.64 bits per heavy atom. The number of benzene rings is 2. The Balaban J connectivity index is 1.03. The van der Waals surface area contributed by atoms with Crippen molar-refractivity contribution in [3.8, 4) is 5.75 Å². The minimum atomic E-state index is -0.128. The van der Waals surface area contributed by atoms with Crippen molar-refractivity contribution in [1.29, 1.82) is 0 Å². The van der Waals surface area contributed by atoms with Crippen LogP contribution in [0.4, 0.5) is 11.5 Å². The quantitative estimate of drug-likeness (QED) is 0.394. The fourth-order valence-corrected chi connectivity index (χ4v) is 7.09. The van der Waals surface area contributed by atoms with Gasteiger partial charge in [0.1, 0.15) is 11.6 Å². The zero-order chi connectivity index (χ0) is 30.8. The van der Waals surface area contributed by atoms with E-state index in [1.807, 2.05) is 44.2 Å². The van der Waals surface area contributed by atoms with Crippen molar-refractivity contribution < 1.29 is 14.3 Å². The first kappa shape index (κ1) is 29.9. The SMILES string of the molecule is COc1cccc(C(=O)NC2C[C@H]3CC[C@@H](C2)N3c2ccc(C(=O)N[C@@H](C)c3ccc(N4CCN(C)CC4)cc3)cn2)c1C. The number of nitrogens with zero attached hydrogens (tertiary/aromatic N) is 4. The second-order valence-electron chi connectivity index (χ2n) is 12.5. The van der Waals surface area contributed by atoms with Crippen molar-refractivity contribution in [1.82, 2.24) is 20.5 Å². The monoisotopic (exact) mass is 596 g/mol. The fourth-order valence-electron chi connectivity index (χ4n) is 7.09. The predicted molar refractivity (Wildman–Crippen MR) is 174 cm³/mol. The van der Waals surface area contributed by atoms with E-state index in [4.69, 9.17) is 9.72 Å². The third-order valence-electron chi connectivity index (χ3n) is 9.70. The molecule has 4 heterocycles. The number of fused-ring (bicyclic) bond motifs is 2. The Labute approximate surface area is 260 Å². The normalized spacial score (nSPS) is 22.4. The molecule has 232 valence electrons. The second kappa shape index (κ2) is 12.9. The summed E-state index contributed by atoms with van der Waals surface area (Å²) >= 11 is 0. The fraction of sp³-hybridized carbons (Fsp3) is 0.457. The number of likely N-dealkylation sites (N-methyl/N-ethyl adjacent to an activating group) is 1. The number of methoxy groups -OCH3 is 1. The molecule has 3 aromatic rings. The maximum Gasteiger partial charge on any atom is 0.253 e. The molecule has 4 atom stereocenters. The molecule has 6 rings (SSSR count). The number of ether oxygens (including phenoxy) is 1. The summed E-state index contributed by atoms with van der Waals surface area (Å²) in [5.74, 6) is 1.44. The molecule has 9 nitrogen and oxygen atoms in total. The summed E-state index contributed by atoms with van der Waals surface area (Å²) < 4.78 is 5.40. The Bertz CT molecular complexity index is 1450. The van der Waals surface area contributed by atoms with Gasteiger partial charge in [-0.1, -0.05) is 18.2 Å². The molecule has 2 N–H and O–H groups in total. The molecule has 1 unspecified atom stereocenters. The molecule has 2 bridgehead atoms. The molecule has 0 saturated carbocycles. The molecule has 2 amide bonds. The number of hydrogen-bond donors (Lipinski definition) is 2. The molecule has 3 fully saturated rings. The van der Waals surface area contributed by atoms with Crippen LogP contribution in [0.25, 0.3) is 0 Å². The van der Waals surface area contributed by atoms with Crippen molar-refractivity contribution in [3.05, 3.63) is 83.0 Å². The lowest BCUT2D eigenvalue weighted by Gasteiger charge is -2.40. The number of piperazine rings is 1. The number of pyridine rings is 1. The highest BCUT2D eigenvalue weighted by atomic mass is 16.5. The van der Waals surface area contributed by atoms with E-state index in [0.29, 0.717) is 23.2 Å². The highest BCUT2D eigenvalue weighted by Crippen LogP contribution is 2.39. The van der Waals surface area contributed by atoms with Gasteiger partial charge in [0.2, 0.25) is 0 Å². The van der Waals surface area contributed by atoms with Crippen molar-refractivity contribution in [2.75, 3.05) is 50.1 Å². The largest absolute Gasteiger partial charge is 0.496 e. The highest BCUT2D eigenvalue weighted by molar-refractivity contribution is 5.96. The third-order valence-corrected chi connectivity index (χ3v) is 9.70. The van der Waals surface area contributed by atoms with Crippen LogP contribution in [0.2, 0.25) is 0 Å². The van der Waals surface area contributed by atoms with E-state index >= 15 is 0 Å².